The quantitative estimate of drug-likeness (QED) is 0.127. The molecule has 4 nitrogen and oxygen atoms in total. The number of rotatable bonds is 10. The van der Waals surface area contributed by atoms with Gasteiger partial charge in [0.15, 0.2) is 0 Å². The van der Waals surface area contributed by atoms with Crippen molar-refractivity contribution in [1.82, 2.24) is 9.13 Å². The summed E-state index contributed by atoms with van der Waals surface area (Å²) in [5.41, 5.74) is 36.0. The molecule has 17 rings (SSSR count). The van der Waals surface area contributed by atoms with E-state index in [1.165, 1.54) is 155 Å². The van der Waals surface area contributed by atoms with Gasteiger partial charge in [-0.15, -0.1) is 0 Å². The number of benzene rings is 13. The van der Waals surface area contributed by atoms with E-state index in [0.717, 1.165) is 47.0 Å². The van der Waals surface area contributed by atoms with Gasteiger partial charge in [-0.3, -0.25) is 0 Å². The molecule has 0 saturated heterocycles. The molecule has 0 saturated carbocycles. The highest BCUT2D eigenvalue weighted by atomic mass is 15.2. The summed E-state index contributed by atoms with van der Waals surface area (Å²) < 4.78 is 5.16. The van der Waals surface area contributed by atoms with E-state index in [9.17, 15) is 0 Å². The lowest BCUT2D eigenvalue weighted by molar-refractivity contribution is 0.411. The van der Waals surface area contributed by atoms with Gasteiger partial charge in [-0.05, 0) is 249 Å². The molecule has 15 aromatic rings. The Labute approximate surface area is 673 Å². The maximum Gasteiger partial charge on any atom is 0.252 e. The van der Waals surface area contributed by atoms with Crippen molar-refractivity contribution in [3.05, 3.63) is 306 Å². The summed E-state index contributed by atoms with van der Waals surface area (Å²) in [4.78, 5) is 5.49. The predicted molar refractivity (Wildman–Crippen MR) is 491 cm³/mol. The summed E-state index contributed by atoms with van der Waals surface area (Å²) in [5, 5.41) is 5.08. The number of hydrogen-bond donors (Lipinski definition) is 0. The van der Waals surface area contributed by atoms with E-state index in [1.807, 2.05) is 0 Å². The lowest BCUT2D eigenvalue weighted by atomic mass is 9.33. The SMILES string of the molecule is CC(C)(C)Cc1cc(-c2ccccc2)c(N2c3cc(-n4c5ccc(C(C)(C)C)cc5c5cc(C(C)(C)C)ccc54)ccc3B3c4ccc(-n5c6ccc(C(C)(C)C)cc6c6cc(C(C)(C)C)ccc65)cc4N(c4cc(-c5ccccc5)c(CC(C)(C)C)cc4-c4ccccc4)c4cc(C(C)(C)C)cc2c43)cc1-c1ccccc1. The first-order valence-corrected chi connectivity index (χ1v) is 41.2. The summed E-state index contributed by atoms with van der Waals surface area (Å²) in [6, 6.07) is 105. The van der Waals surface area contributed by atoms with Crippen LogP contribution in [0.1, 0.15) is 184 Å². The van der Waals surface area contributed by atoms with Crippen LogP contribution in [-0.4, -0.2) is 15.8 Å². The molecule has 0 aliphatic carbocycles. The van der Waals surface area contributed by atoms with Crippen LogP contribution in [0.15, 0.2) is 267 Å². The molecular weight excluding hydrogens is 1360 g/mol. The van der Waals surface area contributed by atoms with Crippen LogP contribution < -0.4 is 26.2 Å². The fraction of sp³-hybridized carbons (Fsp3) is 0.278. The Morgan fingerprint density at radius 2 is 0.522 bits per heavy atom. The van der Waals surface area contributed by atoms with Crippen LogP contribution in [0.4, 0.5) is 34.1 Å². The molecule has 113 heavy (non-hydrogen) atoms. The Hall–Kier alpha value is -10.9. The number of fused-ring (bicyclic) bond motifs is 10. The van der Waals surface area contributed by atoms with Crippen LogP contribution in [0.25, 0.3) is 99.5 Å². The van der Waals surface area contributed by atoms with Crippen LogP contribution in [0.2, 0.25) is 0 Å². The Morgan fingerprint density at radius 3 is 0.796 bits per heavy atom. The first-order chi connectivity index (χ1) is 53.4. The average Bonchev–Trinajstić information content (AvgIpc) is 0.811. The van der Waals surface area contributed by atoms with Crippen LogP contribution >= 0.6 is 0 Å². The van der Waals surface area contributed by atoms with Crippen molar-refractivity contribution in [2.45, 2.75) is 185 Å². The topological polar surface area (TPSA) is 16.3 Å². The monoisotopic (exact) mass is 1470 g/mol. The largest absolute Gasteiger partial charge is 0.311 e. The zero-order chi connectivity index (χ0) is 79.5. The van der Waals surface area contributed by atoms with Crippen molar-refractivity contribution in [3.63, 3.8) is 0 Å². The van der Waals surface area contributed by atoms with Gasteiger partial charge in [0.2, 0.25) is 0 Å². The van der Waals surface area contributed by atoms with Crippen LogP contribution in [0, 0.1) is 10.8 Å². The summed E-state index contributed by atoms with van der Waals surface area (Å²) in [7, 11) is 0. The molecular formula is C108H111BN4. The van der Waals surface area contributed by atoms with Gasteiger partial charge in [0.05, 0.1) is 33.4 Å². The number of nitrogens with zero attached hydrogens (tertiary/aromatic N) is 4. The van der Waals surface area contributed by atoms with Crippen LogP contribution in [0.3, 0.4) is 0 Å². The van der Waals surface area contributed by atoms with E-state index >= 15 is 0 Å². The highest BCUT2D eigenvalue weighted by Crippen LogP contribution is 2.54. The third-order valence-electron chi connectivity index (χ3n) is 24.1. The normalized spacial score (nSPS) is 13.5. The summed E-state index contributed by atoms with van der Waals surface area (Å²) in [6.45, 7) is 49.5. The second-order valence-electron chi connectivity index (χ2n) is 40.4. The molecule has 0 atom stereocenters. The van der Waals surface area contributed by atoms with Crippen LogP contribution in [0.5, 0.6) is 0 Å². The van der Waals surface area contributed by atoms with E-state index in [1.54, 1.807) is 0 Å². The Morgan fingerprint density at radius 1 is 0.239 bits per heavy atom. The molecule has 0 amide bonds. The Bertz CT molecular complexity index is 5740. The second-order valence-corrected chi connectivity index (χ2v) is 40.4. The van der Waals surface area contributed by atoms with Gasteiger partial charge in [-0.25, -0.2) is 0 Å². The molecule has 5 heteroatoms. The highest BCUT2D eigenvalue weighted by molar-refractivity contribution is 7.00. The van der Waals surface area contributed by atoms with Crippen LogP contribution in [-0.2, 0) is 39.9 Å². The third kappa shape index (κ3) is 13.5. The summed E-state index contributed by atoms with van der Waals surface area (Å²) in [5.74, 6) is 0. The molecule has 0 unspecified atom stereocenters. The molecule has 2 aliphatic heterocycles. The summed E-state index contributed by atoms with van der Waals surface area (Å²) in [6.07, 6.45) is 1.77. The fourth-order valence-electron chi connectivity index (χ4n) is 18.2. The fourth-order valence-corrected chi connectivity index (χ4v) is 18.2. The van der Waals surface area contributed by atoms with E-state index < -0.39 is 0 Å². The maximum absolute atomic E-state index is 2.75. The van der Waals surface area contributed by atoms with Crippen molar-refractivity contribution in [2.24, 2.45) is 10.8 Å². The van der Waals surface area contributed by atoms with Gasteiger partial charge in [-0.2, -0.15) is 0 Å². The van der Waals surface area contributed by atoms with Gasteiger partial charge in [0, 0.05) is 66.8 Å². The number of hydrogen-bond acceptors (Lipinski definition) is 2. The minimum absolute atomic E-state index is 0.0175. The molecule has 566 valence electrons. The minimum atomic E-state index is -0.327. The smallest absolute Gasteiger partial charge is 0.252 e. The van der Waals surface area contributed by atoms with E-state index in [4.69, 9.17) is 0 Å². The lowest BCUT2D eigenvalue weighted by Crippen LogP contribution is -2.61. The lowest BCUT2D eigenvalue weighted by Gasteiger charge is -2.46. The maximum atomic E-state index is 2.75. The third-order valence-corrected chi connectivity index (χ3v) is 24.1. The zero-order valence-corrected chi connectivity index (χ0v) is 70.7. The van der Waals surface area contributed by atoms with Gasteiger partial charge >= 0.3 is 0 Å². The molecule has 0 spiro atoms. The Balaban J connectivity index is 1.05. The molecule has 2 aromatic heterocycles. The summed E-state index contributed by atoms with van der Waals surface area (Å²) >= 11 is 0. The molecule has 0 radical (unpaired) electrons. The van der Waals surface area contributed by atoms with Gasteiger partial charge in [0.1, 0.15) is 0 Å². The number of anilines is 6. The van der Waals surface area contributed by atoms with Crippen molar-refractivity contribution in [3.8, 4) is 55.9 Å². The van der Waals surface area contributed by atoms with E-state index in [0.29, 0.717) is 0 Å². The molecule has 13 aromatic carbocycles. The zero-order valence-electron chi connectivity index (χ0n) is 70.7. The molecule has 0 N–H and O–H groups in total. The molecule has 0 bridgehead atoms. The van der Waals surface area contributed by atoms with Crippen molar-refractivity contribution < 1.29 is 0 Å². The molecule has 4 heterocycles. The Kier molecular flexibility index (Phi) is 17.8. The van der Waals surface area contributed by atoms with Gasteiger partial charge in [-0.1, -0.05) is 303 Å². The first kappa shape index (κ1) is 74.8. The van der Waals surface area contributed by atoms with Crippen molar-refractivity contribution in [2.75, 3.05) is 9.80 Å². The van der Waals surface area contributed by atoms with Gasteiger partial charge in [0.25, 0.3) is 6.71 Å². The highest BCUT2D eigenvalue weighted by Gasteiger charge is 2.46. The first-order valence-electron chi connectivity index (χ1n) is 41.2. The molecule has 2 aliphatic rings. The van der Waals surface area contributed by atoms with Crippen molar-refractivity contribution >= 4 is 101 Å². The van der Waals surface area contributed by atoms with E-state index in [2.05, 4.69) is 431 Å². The van der Waals surface area contributed by atoms with E-state index in [-0.39, 0.29) is 44.6 Å². The molecule has 0 fully saturated rings. The minimum Gasteiger partial charge on any atom is -0.311 e. The number of aromatic nitrogens is 2. The van der Waals surface area contributed by atoms with Crippen molar-refractivity contribution in [1.29, 1.82) is 0 Å². The van der Waals surface area contributed by atoms with Gasteiger partial charge < -0.3 is 18.9 Å². The standard InChI is InChI=1S/C108H111BN4/c1-102(2,3)66-72-54-83(70-38-30-24-31-39-70)95(64-81(72)68-34-26-22-27-35-68)112-97-62-79(110-91-50-42-74(104(7,8)9)56-85(91)86-57-75(105(10,11)12)43-51-92(86)110)46-48-89(97)109-90-49-47-80(111-93-52-44-76(106(13,14)15)58-87(93)88-59-77(107(16,17)18)45-53-94(88)111)63-98(90)113(100-61-78(108(19,20)21)60-99(112)101(100)109)96-65-82(69-36-28-23-29-37-69)73(67-103(4,5)6)55-84(96)71-40-32-25-33-41-71/h22-65H,66-67H2,1-21H3. The average molecular weight is 1480 g/mol. The predicted octanol–water partition coefficient (Wildman–Crippen LogP) is 28.3. The second kappa shape index (κ2) is 26.9.